The van der Waals surface area contributed by atoms with Crippen molar-refractivity contribution in [2.45, 2.75) is 38.4 Å². The predicted octanol–water partition coefficient (Wildman–Crippen LogP) is 5.65. The van der Waals surface area contributed by atoms with Crippen molar-refractivity contribution in [2.24, 2.45) is 5.41 Å². The van der Waals surface area contributed by atoms with Gasteiger partial charge in [0.05, 0.1) is 13.2 Å². The van der Waals surface area contributed by atoms with Crippen LogP contribution in [0, 0.1) is 5.41 Å². The minimum absolute atomic E-state index is 0.0355. The number of hydrogen-bond acceptors (Lipinski definition) is 6. The first-order valence-electron chi connectivity index (χ1n) is 11.7. The minimum Gasteiger partial charge on any atom is -0.386 e. The molecule has 2 rings (SSSR count). The summed E-state index contributed by atoms with van der Waals surface area (Å²) in [5.41, 5.74) is 2.61. The lowest BCUT2D eigenvalue weighted by atomic mass is 9.77. The predicted molar refractivity (Wildman–Crippen MR) is 149 cm³/mol. The summed E-state index contributed by atoms with van der Waals surface area (Å²) in [6.45, 7) is 10.7. The van der Waals surface area contributed by atoms with Crippen molar-refractivity contribution in [1.82, 2.24) is 0 Å². The molecule has 0 aromatic heterocycles. The molecule has 0 aliphatic carbocycles. The van der Waals surface area contributed by atoms with E-state index in [4.69, 9.17) is 19.7 Å². The van der Waals surface area contributed by atoms with Crippen LogP contribution in [0.15, 0.2) is 60.7 Å². The first-order valence-corrected chi connectivity index (χ1v) is 17.0. The summed E-state index contributed by atoms with van der Waals surface area (Å²) < 4.78 is 32.4. The molecule has 0 fully saturated rings. The molecule has 2 aromatic rings. The van der Waals surface area contributed by atoms with E-state index in [-0.39, 0.29) is 5.41 Å². The van der Waals surface area contributed by atoms with Crippen LogP contribution in [0.3, 0.4) is 0 Å². The van der Waals surface area contributed by atoms with E-state index >= 15 is 0 Å². The quantitative estimate of drug-likeness (QED) is 0.388. The summed E-state index contributed by atoms with van der Waals surface area (Å²) in [4.78, 5) is 0. The second-order valence-electron chi connectivity index (χ2n) is 9.82. The van der Waals surface area contributed by atoms with Crippen molar-refractivity contribution in [3.8, 4) is 0 Å². The monoisotopic (exact) mass is 528 g/mol. The van der Waals surface area contributed by atoms with Gasteiger partial charge < -0.3 is 28.8 Å². The van der Waals surface area contributed by atoms with E-state index in [0.29, 0.717) is 13.2 Å². The molecule has 0 aliphatic heterocycles. The molecule has 2 atom stereocenters. The highest BCUT2D eigenvalue weighted by Gasteiger charge is 2.31. The van der Waals surface area contributed by atoms with E-state index in [1.54, 1.807) is 54.7 Å². The van der Waals surface area contributed by atoms with E-state index in [1.807, 2.05) is 0 Å². The van der Waals surface area contributed by atoms with Gasteiger partial charge in [0.1, 0.15) is 26.0 Å². The van der Waals surface area contributed by atoms with Crippen molar-refractivity contribution in [2.75, 3.05) is 54.1 Å². The molecule has 2 unspecified atom stereocenters. The van der Waals surface area contributed by atoms with Crippen molar-refractivity contribution in [3.05, 3.63) is 71.8 Å². The number of benzene rings is 2. The number of ether oxygens (including phenoxy) is 2. The number of methoxy groups -OCH3 is 2. The van der Waals surface area contributed by atoms with Crippen LogP contribution in [-0.2, 0) is 31.4 Å². The minimum atomic E-state index is -2.18. The molecular weight excluding hydrogens is 482 g/mol. The Morgan fingerprint density at radius 3 is 1.14 bits per heavy atom. The molecule has 6 nitrogen and oxygen atoms in total. The number of aliphatic hydroxyl groups excluding tert-OH is 2. The lowest BCUT2D eigenvalue weighted by Gasteiger charge is -2.33. The second kappa shape index (κ2) is 16.5. The lowest BCUT2D eigenvalue weighted by Crippen LogP contribution is -2.36. The molecule has 0 heterocycles. The van der Waals surface area contributed by atoms with Gasteiger partial charge >= 0.3 is 0 Å². The molecule has 0 radical (unpaired) electrons. The Balaban J connectivity index is 0.000000680. The van der Waals surface area contributed by atoms with Crippen LogP contribution in [0.1, 0.15) is 25.0 Å². The third kappa shape index (κ3) is 15.5. The smallest absolute Gasteiger partial charge is 0.109 e. The molecule has 2 N–H and O–H groups in total. The Labute approximate surface area is 212 Å². The maximum atomic E-state index is 10.7. The topological polar surface area (TPSA) is 93.1 Å². The highest BCUT2D eigenvalue weighted by atomic mass is 31.2. The van der Waals surface area contributed by atoms with Gasteiger partial charge in [0, 0.05) is 19.6 Å². The van der Waals surface area contributed by atoms with Gasteiger partial charge in [0.15, 0.2) is 0 Å². The summed E-state index contributed by atoms with van der Waals surface area (Å²) >= 11 is 0. The van der Waals surface area contributed by atoms with Crippen LogP contribution in [0.25, 0.3) is 0 Å². The second-order valence-corrected chi connectivity index (χ2v) is 17.1. The highest BCUT2D eigenvalue weighted by molar-refractivity contribution is 7.63. The van der Waals surface area contributed by atoms with Crippen molar-refractivity contribution in [1.29, 1.82) is 0 Å². The third-order valence-electron chi connectivity index (χ3n) is 5.54. The molecule has 200 valence electrons. The van der Waals surface area contributed by atoms with E-state index in [9.17, 15) is 9.13 Å². The molecule has 0 bridgehead atoms. The zero-order chi connectivity index (χ0) is 27.1. The van der Waals surface area contributed by atoms with Crippen LogP contribution in [0.2, 0.25) is 0 Å². The number of aliphatic hydroxyl groups is 2. The average Bonchev–Trinajstić information content (AvgIpc) is 2.75. The summed E-state index contributed by atoms with van der Waals surface area (Å²) in [7, 11) is -0.836. The summed E-state index contributed by atoms with van der Waals surface area (Å²) in [5, 5.41) is 17.3. The van der Waals surface area contributed by atoms with Crippen molar-refractivity contribution < 1.29 is 28.8 Å². The normalized spacial score (nSPS) is 13.5. The third-order valence-corrected chi connectivity index (χ3v) is 9.14. The van der Waals surface area contributed by atoms with Gasteiger partial charge in [-0.3, -0.25) is 0 Å². The zero-order valence-corrected chi connectivity index (χ0v) is 24.5. The Morgan fingerprint density at radius 2 is 0.943 bits per heavy atom. The zero-order valence-electron chi connectivity index (χ0n) is 22.7. The van der Waals surface area contributed by atoms with Crippen LogP contribution in [0.5, 0.6) is 0 Å². The van der Waals surface area contributed by atoms with Crippen molar-refractivity contribution in [3.63, 3.8) is 0 Å². The van der Waals surface area contributed by atoms with Gasteiger partial charge in [-0.15, -0.1) is 0 Å². The van der Waals surface area contributed by atoms with Gasteiger partial charge in [0.2, 0.25) is 0 Å². The molecule has 8 heteroatoms. The molecular formula is C27H46O6P2. The summed E-state index contributed by atoms with van der Waals surface area (Å²) in [6.07, 6.45) is 1.90. The Hall–Kier alpha value is -1.26. The van der Waals surface area contributed by atoms with E-state index in [2.05, 4.69) is 60.7 Å². The van der Waals surface area contributed by atoms with Gasteiger partial charge in [-0.2, -0.15) is 0 Å². The number of hydrogen-bond donors (Lipinski definition) is 2. The molecule has 0 aliphatic rings. The maximum Gasteiger partial charge on any atom is 0.109 e. The van der Waals surface area contributed by atoms with Crippen molar-refractivity contribution >= 4 is 14.3 Å². The first kappa shape index (κ1) is 33.7. The molecule has 0 saturated heterocycles. The van der Waals surface area contributed by atoms with Gasteiger partial charge in [-0.25, -0.2) is 0 Å². The summed E-state index contributed by atoms with van der Waals surface area (Å²) in [6, 6.07) is 21.1. The fourth-order valence-electron chi connectivity index (χ4n) is 2.98. The molecule has 0 saturated carbocycles. The summed E-state index contributed by atoms with van der Waals surface area (Å²) in [5.74, 6) is -1.29. The molecule has 35 heavy (non-hydrogen) atoms. The Morgan fingerprint density at radius 1 is 0.686 bits per heavy atom. The highest BCUT2D eigenvalue weighted by Crippen LogP contribution is 2.40. The van der Waals surface area contributed by atoms with Crippen LogP contribution >= 0.6 is 14.3 Å². The number of rotatable bonds is 10. The lowest BCUT2D eigenvalue weighted by molar-refractivity contribution is 0.0102. The Bertz CT molecular complexity index is 813. The standard InChI is InChI=1S/C19H24O2.2C4H11O2P/c1-20-15-19(16-21-2,13-17-9-5-3-6-10-17)14-18-11-7-4-8-12-18;2*1-4(5)7(2,3)6/h3-12H,13-16H2,1-2H3;2*4-5H,1-3H3. The van der Waals surface area contributed by atoms with E-state index < -0.39 is 26.0 Å². The van der Waals surface area contributed by atoms with E-state index in [0.717, 1.165) is 12.8 Å². The van der Waals surface area contributed by atoms with Crippen LogP contribution < -0.4 is 0 Å². The average molecular weight is 529 g/mol. The van der Waals surface area contributed by atoms with Gasteiger partial charge in [0.25, 0.3) is 0 Å². The van der Waals surface area contributed by atoms with Gasteiger partial charge in [-0.1, -0.05) is 60.7 Å². The van der Waals surface area contributed by atoms with Crippen LogP contribution in [-0.4, -0.2) is 76.0 Å². The largest absolute Gasteiger partial charge is 0.386 e. The Kier molecular flexibility index (Phi) is 15.9. The fourth-order valence-corrected chi connectivity index (χ4v) is 2.98. The van der Waals surface area contributed by atoms with Crippen LogP contribution in [0.4, 0.5) is 0 Å². The molecule has 0 amide bonds. The van der Waals surface area contributed by atoms with E-state index in [1.165, 1.54) is 11.1 Å². The molecule has 2 aromatic carbocycles. The maximum absolute atomic E-state index is 10.7. The first-order chi connectivity index (χ1) is 16.2. The van der Waals surface area contributed by atoms with Gasteiger partial charge in [-0.05, 0) is 64.5 Å². The fraction of sp³-hybridized carbons (Fsp3) is 0.556. The molecule has 0 spiro atoms. The SMILES string of the molecule is CC(O)P(C)(C)=O.CC(O)P(C)(C)=O.COCC(COC)(Cc1ccccc1)Cc1ccccc1.